The maximum atomic E-state index is 12.2. The molecule has 6 heteroatoms. The van der Waals surface area contributed by atoms with Crippen molar-refractivity contribution in [1.29, 1.82) is 0 Å². The first-order valence-electron chi connectivity index (χ1n) is 5.72. The third-order valence-electron chi connectivity index (χ3n) is 2.81. The summed E-state index contributed by atoms with van der Waals surface area (Å²) in [4.78, 5) is 13.9. The molecule has 0 aliphatic heterocycles. The number of aryl methyl sites for hydroxylation is 2. The number of carbonyl (C=O) groups is 1. The second-order valence-corrected chi connectivity index (χ2v) is 5.33. The van der Waals surface area contributed by atoms with Crippen molar-refractivity contribution in [3.8, 4) is 0 Å². The van der Waals surface area contributed by atoms with Gasteiger partial charge in [-0.3, -0.25) is 9.48 Å². The van der Waals surface area contributed by atoms with Gasteiger partial charge in [0.1, 0.15) is 0 Å². The summed E-state index contributed by atoms with van der Waals surface area (Å²) in [6, 6.07) is 0. The van der Waals surface area contributed by atoms with E-state index in [1.54, 1.807) is 22.8 Å². The number of nitrogens with two attached hydrogens (primary N) is 1. The van der Waals surface area contributed by atoms with Gasteiger partial charge in [0.15, 0.2) is 0 Å². The fourth-order valence-corrected chi connectivity index (χ4v) is 1.79. The molecule has 0 radical (unpaired) electrons. The van der Waals surface area contributed by atoms with E-state index >= 15 is 0 Å². The second-order valence-electron chi connectivity index (χ2n) is 5.33. The van der Waals surface area contributed by atoms with Gasteiger partial charge in [0.25, 0.3) is 5.91 Å². The molecule has 0 aliphatic carbocycles. The molecule has 1 amide bonds. The van der Waals surface area contributed by atoms with Crippen molar-refractivity contribution in [2.45, 2.75) is 20.8 Å². The van der Waals surface area contributed by atoms with E-state index in [0.717, 1.165) is 5.69 Å². The highest BCUT2D eigenvalue weighted by atomic mass is 35.5. The van der Waals surface area contributed by atoms with E-state index in [4.69, 9.17) is 5.73 Å². The molecular formula is C12H23ClN4O. The normalized spacial score (nSPS) is 11.0. The Labute approximate surface area is 115 Å². The molecule has 1 rings (SSSR count). The van der Waals surface area contributed by atoms with Crippen molar-refractivity contribution < 1.29 is 4.79 Å². The van der Waals surface area contributed by atoms with Crippen molar-refractivity contribution in [3.63, 3.8) is 0 Å². The standard InChI is InChI=1S/C12H22N4O.ClH/c1-9-10(6-16(5)14-9)11(17)15(4)8-12(2,3)7-13;/h6H,7-8,13H2,1-5H3;1H. The molecule has 0 bridgehead atoms. The minimum absolute atomic E-state index is 0. The maximum Gasteiger partial charge on any atom is 0.257 e. The fourth-order valence-electron chi connectivity index (χ4n) is 1.79. The summed E-state index contributed by atoms with van der Waals surface area (Å²) in [7, 11) is 3.61. The zero-order valence-electron chi connectivity index (χ0n) is 11.7. The molecule has 5 nitrogen and oxygen atoms in total. The number of aromatic nitrogens is 2. The van der Waals surface area contributed by atoms with Gasteiger partial charge in [-0.05, 0) is 18.9 Å². The van der Waals surface area contributed by atoms with Gasteiger partial charge in [-0.1, -0.05) is 13.8 Å². The van der Waals surface area contributed by atoms with Crippen molar-refractivity contribution >= 4 is 18.3 Å². The van der Waals surface area contributed by atoms with Crippen LogP contribution in [-0.4, -0.2) is 40.7 Å². The Bertz CT molecular complexity index is 414. The Morgan fingerprint density at radius 2 is 2.11 bits per heavy atom. The Morgan fingerprint density at radius 3 is 2.50 bits per heavy atom. The van der Waals surface area contributed by atoms with Crippen LogP contribution in [0.3, 0.4) is 0 Å². The monoisotopic (exact) mass is 274 g/mol. The summed E-state index contributed by atoms with van der Waals surface area (Å²) in [5.41, 5.74) is 7.02. The summed E-state index contributed by atoms with van der Waals surface area (Å²) >= 11 is 0. The molecule has 0 unspecified atom stereocenters. The van der Waals surface area contributed by atoms with Gasteiger partial charge in [-0.25, -0.2) is 0 Å². The Morgan fingerprint density at radius 1 is 1.56 bits per heavy atom. The predicted octanol–water partition coefficient (Wildman–Crippen LogP) is 1.21. The van der Waals surface area contributed by atoms with Gasteiger partial charge in [-0.2, -0.15) is 5.10 Å². The largest absolute Gasteiger partial charge is 0.341 e. The third-order valence-corrected chi connectivity index (χ3v) is 2.81. The van der Waals surface area contributed by atoms with Crippen molar-refractivity contribution in [2.24, 2.45) is 18.2 Å². The van der Waals surface area contributed by atoms with Gasteiger partial charge in [0, 0.05) is 26.8 Å². The van der Waals surface area contributed by atoms with Gasteiger partial charge < -0.3 is 10.6 Å². The highest BCUT2D eigenvalue weighted by Crippen LogP contribution is 2.16. The maximum absolute atomic E-state index is 12.2. The lowest BCUT2D eigenvalue weighted by Crippen LogP contribution is -2.39. The molecule has 18 heavy (non-hydrogen) atoms. The fraction of sp³-hybridized carbons (Fsp3) is 0.667. The van der Waals surface area contributed by atoms with E-state index in [1.807, 2.05) is 27.8 Å². The van der Waals surface area contributed by atoms with Gasteiger partial charge >= 0.3 is 0 Å². The van der Waals surface area contributed by atoms with Gasteiger partial charge in [0.2, 0.25) is 0 Å². The molecule has 1 aromatic rings. The van der Waals surface area contributed by atoms with Crippen LogP contribution in [0, 0.1) is 12.3 Å². The molecule has 104 valence electrons. The SMILES string of the molecule is Cc1nn(C)cc1C(=O)N(C)CC(C)(C)CN.Cl. The van der Waals surface area contributed by atoms with Crippen LogP contribution in [-0.2, 0) is 7.05 Å². The number of amides is 1. The molecule has 0 spiro atoms. The number of rotatable bonds is 4. The molecule has 0 aromatic carbocycles. The number of nitrogens with zero attached hydrogens (tertiary/aromatic N) is 3. The minimum atomic E-state index is -0.0689. The van der Waals surface area contributed by atoms with Crippen LogP contribution in [0.2, 0.25) is 0 Å². The zero-order chi connectivity index (χ0) is 13.2. The molecular weight excluding hydrogens is 252 g/mol. The summed E-state index contributed by atoms with van der Waals surface area (Å²) in [6.07, 6.45) is 1.75. The van der Waals surface area contributed by atoms with Crippen LogP contribution in [0.1, 0.15) is 29.9 Å². The molecule has 1 heterocycles. The Hall–Kier alpha value is -1.07. The number of hydrogen-bond acceptors (Lipinski definition) is 3. The summed E-state index contributed by atoms with van der Waals surface area (Å²) < 4.78 is 1.66. The number of carbonyl (C=O) groups excluding carboxylic acids is 1. The van der Waals surface area contributed by atoms with Crippen molar-refractivity contribution in [2.75, 3.05) is 20.1 Å². The van der Waals surface area contributed by atoms with Gasteiger partial charge in [-0.15, -0.1) is 12.4 Å². The average Bonchev–Trinajstić information content (AvgIpc) is 2.56. The van der Waals surface area contributed by atoms with Gasteiger partial charge in [0.05, 0.1) is 11.3 Å². The lowest BCUT2D eigenvalue weighted by Gasteiger charge is -2.28. The highest BCUT2D eigenvalue weighted by Gasteiger charge is 2.23. The smallest absolute Gasteiger partial charge is 0.257 e. The number of halogens is 1. The number of hydrogen-bond donors (Lipinski definition) is 1. The van der Waals surface area contributed by atoms with E-state index in [9.17, 15) is 4.79 Å². The van der Waals surface area contributed by atoms with Crippen LogP contribution in [0.5, 0.6) is 0 Å². The summed E-state index contributed by atoms with van der Waals surface area (Å²) in [6.45, 7) is 7.13. The van der Waals surface area contributed by atoms with Crippen LogP contribution >= 0.6 is 12.4 Å². The Kier molecular flexibility index (Phi) is 5.83. The molecule has 2 N–H and O–H groups in total. The van der Waals surface area contributed by atoms with Crippen molar-refractivity contribution in [1.82, 2.24) is 14.7 Å². The first-order valence-corrected chi connectivity index (χ1v) is 5.72. The lowest BCUT2D eigenvalue weighted by atomic mass is 9.93. The van der Waals surface area contributed by atoms with Crippen LogP contribution in [0.25, 0.3) is 0 Å². The lowest BCUT2D eigenvalue weighted by molar-refractivity contribution is 0.0740. The molecule has 0 aliphatic rings. The second kappa shape index (κ2) is 6.20. The van der Waals surface area contributed by atoms with Crippen LogP contribution < -0.4 is 5.73 Å². The summed E-state index contributed by atoms with van der Waals surface area (Å²) in [5.74, 6) is -0.00266. The Balaban J connectivity index is 0.00000289. The molecule has 0 saturated carbocycles. The quantitative estimate of drug-likeness (QED) is 0.898. The average molecular weight is 275 g/mol. The van der Waals surface area contributed by atoms with E-state index in [1.165, 1.54) is 0 Å². The first kappa shape index (κ1) is 16.9. The van der Waals surface area contributed by atoms with Crippen LogP contribution in [0.15, 0.2) is 6.20 Å². The topological polar surface area (TPSA) is 64.2 Å². The summed E-state index contributed by atoms with van der Waals surface area (Å²) in [5, 5.41) is 4.18. The predicted molar refractivity (Wildman–Crippen MR) is 75.0 cm³/mol. The molecule has 1 aromatic heterocycles. The van der Waals surface area contributed by atoms with E-state index in [2.05, 4.69) is 5.10 Å². The van der Waals surface area contributed by atoms with E-state index in [0.29, 0.717) is 18.7 Å². The molecule has 0 saturated heterocycles. The third kappa shape index (κ3) is 3.99. The minimum Gasteiger partial charge on any atom is -0.341 e. The first-order chi connectivity index (χ1) is 7.76. The zero-order valence-corrected chi connectivity index (χ0v) is 12.5. The van der Waals surface area contributed by atoms with E-state index < -0.39 is 0 Å². The molecule has 0 atom stereocenters. The molecule has 0 fully saturated rings. The highest BCUT2D eigenvalue weighted by molar-refractivity contribution is 5.94. The van der Waals surface area contributed by atoms with E-state index in [-0.39, 0.29) is 23.7 Å². The van der Waals surface area contributed by atoms with Crippen LogP contribution in [0.4, 0.5) is 0 Å². The van der Waals surface area contributed by atoms with Crippen molar-refractivity contribution in [3.05, 3.63) is 17.5 Å².